The molecule has 0 saturated carbocycles. The number of rotatable bonds is 4. The molecule has 0 spiro atoms. The highest BCUT2D eigenvalue weighted by Crippen LogP contribution is 2.38. The molecule has 0 bridgehead atoms. The smallest absolute Gasteiger partial charge is 0.314 e. The second-order valence-corrected chi connectivity index (χ2v) is 10.1. The maximum atomic E-state index is 14.3. The summed E-state index contributed by atoms with van der Waals surface area (Å²) in [5.74, 6) is -0.600. The molecule has 1 N–H and O–H groups in total. The highest BCUT2D eigenvalue weighted by molar-refractivity contribution is 8.18. The van der Waals surface area contributed by atoms with Crippen LogP contribution in [0.25, 0.3) is 17.0 Å². The van der Waals surface area contributed by atoms with Crippen LogP contribution in [0, 0.1) is 0 Å². The lowest BCUT2D eigenvalue weighted by Gasteiger charge is -2.32. The number of piperidine rings is 1. The van der Waals surface area contributed by atoms with Gasteiger partial charge in [-0.2, -0.15) is 31.4 Å². The molecule has 2 aromatic carbocycles. The summed E-state index contributed by atoms with van der Waals surface area (Å²) in [4.78, 5) is 26.4. The Labute approximate surface area is 220 Å². The lowest BCUT2D eigenvalue weighted by molar-refractivity contribution is -0.143. The number of amides is 2. The van der Waals surface area contributed by atoms with E-state index < -0.39 is 53.4 Å². The average Bonchev–Trinajstić information content (AvgIpc) is 3.37. The zero-order valence-corrected chi connectivity index (χ0v) is 20.6. The van der Waals surface area contributed by atoms with Crippen molar-refractivity contribution >= 4 is 39.9 Å². The maximum Gasteiger partial charge on any atom is 0.416 e. The van der Waals surface area contributed by atoms with Gasteiger partial charge in [0.25, 0.3) is 11.1 Å². The molecule has 0 aliphatic carbocycles. The first-order chi connectivity index (χ1) is 18.3. The number of benzene rings is 2. The number of hydrogen-bond donors (Lipinski definition) is 1. The largest absolute Gasteiger partial charge is 0.416 e. The Morgan fingerprint density at radius 1 is 1.05 bits per heavy atom. The van der Waals surface area contributed by atoms with E-state index in [1.54, 1.807) is 18.2 Å². The zero-order valence-electron chi connectivity index (χ0n) is 19.8. The van der Waals surface area contributed by atoms with Crippen LogP contribution in [-0.4, -0.2) is 51.1 Å². The van der Waals surface area contributed by atoms with Crippen molar-refractivity contribution in [3.63, 3.8) is 0 Å². The van der Waals surface area contributed by atoms with Gasteiger partial charge in [-0.25, -0.2) is 4.39 Å². The molecule has 2 saturated heterocycles. The minimum atomic E-state index is -5.01. The quantitative estimate of drug-likeness (QED) is 0.314. The van der Waals surface area contributed by atoms with Gasteiger partial charge in [-0.1, -0.05) is 12.1 Å². The minimum absolute atomic E-state index is 0.0447. The van der Waals surface area contributed by atoms with E-state index in [9.17, 15) is 40.3 Å². The number of hydrogen-bond acceptors (Lipinski definition) is 5. The van der Waals surface area contributed by atoms with Crippen LogP contribution in [0.5, 0.6) is 0 Å². The fourth-order valence-electron chi connectivity index (χ4n) is 4.65. The van der Waals surface area contributed by atoms with Crippen LogP contribution in [0.15, 0.2) is 47.5 Å². The van der Waals surface area contributed by atoms with Gasteiger partial charge in [0.15, 0.2) is 0 Å². The first kappa shape index (κ1) is 27.2. The predicted octanol–water partition coefficient (Wildman–Crippen LogP) is 5.86. The topological polar surface area (TPSA) is 67.2 Å². The number of nitrogens with zero attached hydrogens (tertiary/aromatic N) is 3. The number of carbonyl (C=O) groups excluding carboxylic acids is 2. The zero-order chi connectivity index (χ0) is 28.1. The second kappa shape index (κ2) is 9.97. The summed E-state index contributed by atoms with van der Waals surface area (Å²) in [6.07, 6.45) is -8.18. The summed E-state index contributed by atoms with van der Waals surface area (Å²) < 4.78 is 95.2. The van der Waals surface area contributed by atoms with Gasteiger partial charge in [-0.05, 0) is 66.2 Å². The summed E-state index contributed by atoms with van der Waals surface area (Å²) in [5.41, 5.74) is -2.29. The molecule has 3 heterocycles. The molecule has 2 aliphatic heterocycles. The Balaban J connectivity index is 1.40. The molecule has 2 fully saturated rings. The number of imide groups is 1. The van der Waals surface area contributed by atoms with Crippen LogP contribution in [0.2, 0.25) is 0 Å². The third kappa shape index (κ3) is 5.39. The molecule has 39 heavy (non-hydrogen) atoms. The molecule has 6 nitrogen and oxygen atoms in total. The summed E-state index contributed by atoms with van der Waals surface area (Å²) in [6.45, 7) is 0.0852. The highest BCUT2D eigenvalue weighted by atomic mass is 32.2. The number of nitrogens with one attached hydrogen (secondary N) is 1. The first-order valence-electron chi connectivity index (χ1n) is 11.7. The van der Waals surface area contributed by atoms with Crippen LogP contribution in [0.1, 0.15) is 28.7 Å². The van der Waals surface area contributed by atoms with Crippen LogP contribution in [0.3, 0.4) is 0 Å². The normalized spacial score (nSPS) is 21.9. The Kier molecular flexibility index (Phi) is 6.95. The van der Waals surface area contributed by atoms with E-state index in [-0.39, 0.29) is 23.1 Å². The van der Waals surface area contributed by atoms with Crippen molar-refractivity contribution in [1.29, 1.82) is 0 Å². The summed E-state index contributed by atoms with van der Waals surface area (Å²) in [7, 11) is 0. The fourth-order valence-corrected chi connectivity index (χ4v) is 5.54. The van der Waals surface area contributed by atoms with E-state index in [2.05, 4.69) is 10.4 Å². The highest BCUT2D eigenvalue weighted by Gasteiger charge is 2.44. The Morgan fingerprint density at radius 3 is 2.51 bits per heavy atom. The van der Waals surface area contributed by atoms with Crippen molar-refractivity contribution in [2.75, 3.05) is 13.1 Å². The number of fused-ring (bicyclic) bond motifs is 1. The molecule has 0 radical (unpaired) electrons. The standard InChI is InChI=1S/C25H19F7N4O2S/c26-18-11-33-6-5-20(18)36-22(37)21(39-23(36)38)8-13-1-4-19-15(7-13)10-34-35(19)12-14-2-3-16(24(27,28)29)9-17(14)25(30,31)32/h1-4,7-10,18,20,33H,5-6,11-12H2/t18-,20-/m1/s1. The van der Waals surface area contributed by atoms with Crippen molar-refractivity contribution in [1.82, 2.24) is 20.0 Å². The monoisotopic (exact) mass is 572 g/mol. The predicted molar refractivity (Wildman–Crippen MR) is 129 cm³/mol. The second-order valence-electron chi connectivity index (χ2n) is 9.12. The molecule has 2 amide bonds. The average molecular weight is 573 g/mol. The van der Waals surface area contributed by atoms with Crippen LogP contribution in [0.4, 0.5) is 35.5 Å². The molecular formula is C25H19F7N4O2S. The Bertz CT molecular complexity index is 1480. The van der Waals surface area contributed by atoms with E-state index in [4.69, 9.17) is 0 Å². The van der Waals surface area contributed by atoms with Crippen molar-refractivity contribution < 1.29 is 40.3 Å². The van der Waals surface area contributed by atoms with Crippen molar-refractivity contribution in [2.24, 2.45) is 0 Å². The van der Waals surface area contributed by atoms with Crippen molar-refractivity contribution in [3.05, 3.63) is 69.8 Å². The molecular weight excluding hydrogens is 553 g/mol. The van der Waals surface area contributed by atoms with Gasteiger partial charge >= 0.3 is 12.4 Å². The third-order valence-corrected chi connectivity index (χ3v) is 7.44. The summed E-state index contributed by atoms with van der Waals surface area (Å²) >= 11 is 0.695. The molecule has 5 rings (SSSR count). The van der Waals surface area contributed by atoms with E-state index in [1.807, 2.05) is 0 Å². The molecule has 3 aromatic rings. The molecule has 0 unspecified atom stereocenters. The van der Waals surface area contributed by atoms with E-state index in [0.29, 0.717) is 47.3 Å². The molecule has 206 valence electrons. The summed E-state index contributed by atoms with van der Waals surface area (Å²) in [6, 6.07) is 5.32. The first-order valence-corrected chi connectivity index (χ1v) is 12.5. The molecule has 2 atom stereocenters. The lowest BCUT2D eigenvalue weighted by Crippen LogP contribution is -2.52. The third-order valence-electron chi connectivity index (χ3n) is 6.56. The van der Waals surface area contributed by atoms with E-state index in [1.165, 1.54) is 17.0 Å². The number of carbonyl (C=O) groups is 2. The molecule has 1 aromatic heterocycles. The molecule has 14 heteroatoms. The summed E-state index contributed by atoms with van der Waals surface area (Å²) in [5, 5.41) is 6.89. The minimum Gasteiger partial charge on any atom is -0.314 e. The van der Waals surface area contributed by atoms with Gasteiger partial charge in [0.2, 0.25) is 0 Å². The van der Waals surface area contributed by atoms with Crippen molar-refractivity contribution in [2.45, 2.75) is 37.5 Å². The Hall–Kier alpha value is -3.39. The van der Waals surface area contributed by atoms with Gasteiger partial charge in [-0.15, -0.1) is 0 Å². The van der Waals surface area contributed by atoms with E-state index in [0.717, 1.165) is 11.0 Å². The lowest BCUT2D eigenvalue weighted by atomic mass is 10.0. The number of halogens is 7. The van der Waals surface area contributed by atoms with Gasteiger partial charge in [0.1, 0.15) is 6.17 Å². The maximum absolute atomic E-state index is 14.3. The van der Waals surface area contributed by atoms with Gasteiger partial charge in [-0.3, -0.25) is 19.2 Å². The van der Waals surface area contributed by atoms with Gasteiger partial charge in [0, 0.05) is 11.9 Å². The van der Waals surface area contributed by atoms with Crippen LogP contribution < -0.4 is 5.32 Å². The fraction of sp³-hybridized carbons (Fsp3) is 0.320. The van der Waals surface area contributed by atoms with E-state index >= 15 is 0 Å². The Morgan fingerprint density at radius 2 is 1.82 bits per heavy atom. The SMILES string of the molecule is O=C1SC(=Cc2ccc3c(cnn3Cc3ccc(C(F)(F)F)cc3C(F)(F)F)c2)C(=O)N1[C@@H]1CCNC[C@H]1F. The van der Waals surface area contributed by atoms with Gasteiger partial charge < -0.3 is 5.32 Å². The number of alkyl halides is 7. The molecule has 2 aliphatic rings. The van der Waals surface area contributed by atoms with Crippen molar-refractivity contribution in [3.8, 4) is 0 Å². The van der Waals surface area contributed by atoms with Crippen LogP contribution in [-0.2, 0) is 23.7 Å². The number of thioether (sulfide) groups is 1. The van der Waals surface area contributed by atoms with Gasteiger partial charge in [0.05, 0.1) is 40.3 Å². The van der Waals surface area contributed by atoms with Crippen LogP contribution >= 0.6 is 11.8 Å². The number of aromatic nitrogens is 2.